The smallest absolute Gasteiger partial charge is 0.273 e. The number of amides is 2. The topological polar surface area (TPSA) is 106 Å². The van der Waals surface area contributed by atoms with Gasteiger partial charge in [0.25, 0.3) is 11.5 Å². The summed E-state index contributed by atoms with van der Waals surface area (Å²) in [6, 6.07) is 6.74. The summed E-state index contributed by atoms with van der Waals surface area (Å²) in [6.45, 7) is 3.95. The number of aryl methyl sites for hydroxylation is 2. The van der Waals surface area contributed by atoms with Gasteiger partial charge in [-0.15, -0.1) is 11.3 Å². The van der Waals surface area contributed by atoms with E-state index in [9.17, 15) is 14.4 Å². The second kappa shape index (κ2) is 7.44. The number of nitrogens with one attached hydrogen (secondary N) is 2. The molecule has 3 aromatic rings. The highest BCUT2D eigenvalue weighted by Crippen LogP contribution is 2.13. The summed E-state index contributed by atoms with van der Waals surface area (Å²) in [7, 11) is 0. The van der Waals surface area contributed by atoms with Crippen molar-refractivity contribution in [1.82, 2.24) is 25.6 Å². The van der Waals surface area contributed by atoms with Gasteiger partial charge in [0.2, 0.25) is 5.91 Å². The van der Waals surface area contributed by atoms with E-state index in [-0.39, 0.29) is 17.7 Å². The normalized spacial score (nSPS) is 10.7. The molecule has 0 atom stereocenters. The maximum Gasteiger partial charge on any atom is 0.290 e. The molecule has 26 heavy (non-hydrogen) atoms. The van der Waals surface area contributed by atoms with Crippen molar-refractivity contribution in [1.29, 1.82) is 0 Å². The fourth-order valence-corrected chi connectivity index (χ4v) is 3.11. The molecule has 3 rings (SSSR count). The van der Waals surface area contributed by atoms with Crippen LogP contribution >= 0.6 is 11.3 Å². The summed E-state index contributed by atoms with van der Waals surface area (Å²) < 4.78 is 1.22. The van der Waals surface area contributed by atoms with E-state index < -0.39 is 11.8 Å². The predicted octanol–water partition coefficient (Wildman–Crippen LogP) is 1.19. The first kappa shape index (κ1) is 17.7. The molecular weight excluding hydrogens is 354 g/mol. The number of carbonyl (C=O) groups is 2. The van der Waals surface area contributed by atoms with Gasteiger partial charge in [-0.05, 0) is 19.9 Å². The number of rotatable bonds is 4. The summed E-state index contributed by atoms with van der Waals surface area (Å²) in [5.74, 6) is -0.983. The molecule has 0 aliphatic heterocycles. The van der Waals surface area contributed by atoms with Gasteiger partial charge in [0, 0.05) is 17.3 Å². The molecular formula is C17H17N5O3S. The molecule has 2 aromatic heterocycles. The molecule has 0 bridgehead atoms. The predicted molar refractivity (Wildman–Crippen MR) is 97.8 cm³/mol. The maximum atomic E-state index is 12.5. The van der Waals surface area contributed by atoms with E-state index >= 15 is 0 Å². The Hall–Kier alpha value is -3.07. The minimum atomic E-state index is -0.591. The van der Waals surface area contributed by atoms with Crippen LogP contribution in [0, 0.1) is 6.92 Å². The Bertz CT molecular complexity index is 1040. The summed E-state index contributed by atoms with van der Waals surface area (Å²) in [4.78, 5) is 40.9. The number of thiazole rings is 1. The van der Waals surface area contributed by atoms with Crippen LogP contribution in [-0.4, -0.2) is 26.6 Å². The molecule has 0 radical (unpaired) electrons. The summed E-state index contributed by atoms with van der Waals surface area (Å²) in [5.41, 5.74) is 5.16. The Morgan fingerprint density at radius 1 is 1.19 bits per heavy atom. The van der Waals surface area contributed by atoms with Crippen LogP contribution < -0.4 is 16.4 Å². The standard InChI is InChI=1S/C17H17N5O3S/c1-3-22-17(25)13-7-5-4-6-12(13)15(21-22)16(24)20-19-14(23)8-11-9-26-10(2)18-11/h4-7,9H,3,8H2,1-2H3,(H,19,23)(H,20,24). The minimum Gasteiger partial charge on any atom is -0.273 e. The van der Waals surface area contributed by atoms with Crippen LogP contribution in [0.3, 0.4) is 0 Å². The van der Waals surface area contributed by atoms with Gasteiger partial charge < -0.3 is 0 Å². The maximum absolute atomic E-state index is 12.5. The van der Waals surface area contributed by atoms with Crippen LogP contribution in [0.15, 0.2) is 34.4 Å². The van der Waals surface area contributed by atoms with Crippen molar-refractivity contribution in [3.8, 4) is 0 Å². The van der Waals surface area contributed by atoms with E-state index in [1.807, 2.05) is 6.92 Å². The minimum absolute atomic E-state index is 0.0628. The number of carbonyl (C=O) groups excluding carboxylic acids is 2. The summed E-state index contributed by atoms with van der Waals surface area (Å²) >= 11 is 1.45. The van der Waals surface area contributed by atoms with E-state index in [0.717, 1.165) is 5.01 Å². The molecule has 0 aliphatic carbocycles. The lowest BCUT2D eigenvalue weighted by Gasteiger charge is -2.10. The highest BCUT2D eigenvalue weighted by molar-refractivity contribution is 7.09. The second-order valence-corrected chi connectivity index (χ2v) is 6.61. The van der Waals surface area contributed by atoms with Gasteiger partial charge in [-0.3, -0.25) is 25.2 Å². The number of nitrogens with zero attached hydrogens (tertiary/aromatic N) is 3. The van der Waals surface area contributed by atoms with Crippen molar-refractivity contribution >= 4 is 33.9 Å². The van der Waals surface area contributed by atoms with E-state index in [0.29, 0.717) is 23.0 Å². The van der Waals surface area contributed by atoms with Gasteiger partial charge in [0.15, 0.2) is 5.69 Å². The summed E-state index contributed by atoms with van der Waals surface area (Å²) in [5, 5.41) is 7.61. The number of hydrogen-bond acceptors (Lipinski definition) is 6. The number of hydrazine groups is 1. The second-order valence-electron chi connectivity index (χ2n) is 5.55. The molecule has 9 heteroatoms. The molecule has 0 aliphatic rings. The Morgan fingerprint density at radius 2 is 1.92 bits per heavy atom. The number of hydrogen-bond donors (Lipinski definition) is 2. The number of benzene rings is 1. The van der Waals surface area contributed by atoms with Crippen LogP contribution in [-0.2, 0) is 17.8 Å². The van der Waals surface area contributed by atoms with Crippen LogP contribution in [0.2, 0.25) is 0 Å². The van der Waals surface area contributed by atoms with Crippen LogP contribution in [0.4, 0.5) is 0 Å². The molecule has 134 valence electrons. The van der Waals surface area contributed by atoms with Gasteiger partial charge in [-0.25, -0.2) is 9.67 Å². The third-order valence-corrected chi connectivity index (χ3v) is 4.53. The van der Waals surface area contributed by atoms with E-state index in [1.54, 1.807) is 36.6 Å². The van der Waals surface area contributed by atoms with Crippen molar-refractivity contribution < 1.29 is 9.59 Å². The van der Waals surface area contributed by atoms with Gasteiger partial charge >= 0.3 is 0 Å². The average molecular weight is 371 g/mol. The molecule has 0 saturated carbocycles. The van der Waals surface area contributed by atoms with Crippen molar-refractivity contribution in [2.45, 2.75) is 26.8 Å². The van der Waals surface area contributed by atoms with E-state index in [2.05, 4.69) is 20.9 Å². The Balaban J connectivity index is 1.78. The zero-order valence-corrected chi connectivity index (χ0v) is 15.1. The zero-order chi connectivity index (χ0) is 18.7. The van der Waals surface area contributed by atoms with Crippen LogP contribution in [0.25, 0.3) is 10.8 Å². The monoisotopic (exact) mass is 371 g/mol. The van der Waals surface area contributed by atoms with Crippen molar-refractivity contribution in [3.63, 3.8) is 0 Å². The first-order chi connectivity index (χ1) is 12.5. The van der Waals surface area contributed by atoms with Crippen molar-refractivity contribution in [2.24, 2.45) is 0 Å². The average Bonchev–Trinajstić information content (AvgIpc) is 3.05. The highest BCUT2D eigenvalue weighted by Gasteiger charge is 2.17. The third kappa shape index (κ3) is 3.62. The first-order valence-electron chi connectivity index (χ1n) is 7.99. The quantitative estimate of drug-likeness (QED) is 0.670. The molecule has 1 aromatic carbocycles. The van der Waals surface area contributed by atoms with Crippen molar-refractivity contribution in [2.75, 3.05) is 0 Å². The third-order valence-electron chi connectivity index (χ3n) is 3.71. The van der Waals surface area contributed by atoms with E-state index in [1.165, 1.54) is 16.0 Å². The molecule has 2 amide bonds. The lowest BCUT2D eigenvalue weighted by Crippen LogP contribution is -2.43. The highest BCUT2D eigenvalue weighted by atomic mass is 32.1. The molecule has 0 spiro atoms. The molecule has 0 fully saturated rings. The van der Waals surface area contributed by atoms with E-state index in [4.69, 9.17) is 0 Å². The largest absolute Gasteiger partial charge is 0.290 e. The fourth-order valence-electron chi connectivity index (χ4n) is 2.50. The number of aromatic nitrogens is 3. The summed E-state index contributed by atoms with van der Waals surface area (Å²) in [6.07, 6.45) is 0.0628. The van der Waals surface area contributed by atoms with Crippen LogP contribution in [0.1, 0.15) is 28.1 Å². The van der Waals surface area contributed by atoms with Gasteiger partial charge in [-0.1, -0.05) is 18.2 Å². The lowest BCUT2D eigenvalue weighted by atomic mass is 10.1. The van der Waals surface area contributed by atoms with Crippen molar-refractivity contribution in [3.05, 3.63) is 56.4 Å². The van der Waals surface area contributed by atoms with Gasteiger partial charge in [0.1, 0.15) is 0 Å². The van der Waals surface area contributed by atoms with Gasteiger partial charge in [0.05, 0.1) is 22.5 Å². The Labute approximate surface area is 152 Å². The molecule has 0 saturated heterocycles. The Morgan fingerprint density at radius 3 is 2.58 bits per heavy atom. The lowest BCUT2D eigenvalue weighted by molar-refractivity contribution is -0.121. The zero-order valence-electron chi connectivity index (χ0n) is 14.3. The molecule has 2 N–H and O–H groups in total. The van der Waals surface area contributed by atoms with Crippen LogP contribution in [0.5, 0.6) is 0 Å². The first-order valence-corrected chi connectivity index (χ1v) is 8.87. The number of fused-ring (bicyclic) bond motifs is 1. The molecule has 0 unspecified atom stereocenters. The molecule has 2 heterocycles. The fraction of sp³-hybridized carbons (Fsp3) is 0.235. The molecule has 8 nitrogen and oxygen atoms in total. The Kier molecular flexibility index (Phi) is 5.08. The SMILES string of the molecule is CCn1nc(C(=O)NNC(=O)Cc2csc(C)n2)c2ccccc2c1=O. The van der Waals surface area contributed by atoms with Gasteiger partial charge in [-0.2, -0.15) is 5.10 Å².